The fourth-order valence-electron chi connectivity index (χ4n) is 6.59. The van der Waals surface area contributed by atoms with Crippen molar-refractivity contribution in [2.75, 3.05) is 4.90 Å². The molecule has 2 aromatic heterocycles. The molecule has 8 aromatic rings. The Morgan fingerprint density at radius 3 is 1.90 bits per heavy atom. The molecule has 0 aliphatic rings. The van der Waals surface area contributed by atoms with Gasteiger partial charge in [0.1, 0.15) is 11.6 Å². The smallest absolute Gasteiger partial charge is 0.144 e. The summed E-state index contributed by atoms with van der Waals surface area (Å²) in [5.41, 5.74) is 13.0. The molecule has 2 heterocycles. The highest BCUT2D eigenvalue weighted by Crippen LogP contribution is 2.41. The molecule has 0 aliphatic heterocycles. The highest BCUT2D eigenvalue weighted by Gasteiger charge is 2.20. The molecule has 5 heteroatoms. The SMILES string of the molecule is Cc1cnc(-c2cccc(-c3cccc4c3nc(-c3cc(N(c5ccccc5)c5ccccc5)ccc3O)n4C)c2)cc1-c1ccccc1. The Bertz CT molecular complexity index is 2380. The third kappa shape index (κ3) is 5.62. The van der Waals surface area contributed by atoms with Crippen LogP contribution in [0.15, 0.2) is 164 Å². The minimum Gasteiger partial charge on any atom is -0.507 e. The van der Waals surface area contributed by atoms with E-state index in [1.165, 1.54) is 11.1 Å². The summed E-state index contributed by atoms with van der Waals surface area (Å²) in [5.74, 6) is 0.859. The number of nitrogens with zero attached hydrogens (tertiary/aromatic N) is 4. The van der Waals surface area contributed by atoms with Gasteiger partial charge in [-0.3, -0.25) is 4.98 Å². The molecule has 0 saturated carbocycles. The normalized spacial score (nSPS) is 11.1. The lowest BCUT2D eigenvalue weighted by atomic mass is 9.97. The number of fused-ring (bicyclic) bond motifs is 1. The molecule has 8 rings (SSSR count). The molecule has 0 atom stereocenters. The Kier molecular flexibility index (Phi) is 7.71. The van der Waals surface area contributed by atoms with Crippen LogP contribution in [0.4, 0.5) is 17.1 Å². The molecule has 5 nitrogen and oxygen atoms in total. The molecular weight excluding hydrogens is 601 g/mol. The molecule has 236 valence electrons. The molecule has 0 spiro atoms. The number of aryl methyl sites for hydroxylation is 2. The van der Waals surface area contributed by atoms with Gasteiger partial charge in [0.25, 0.3) is 0 Å². The Hall–Kier alpha value is -6.46. The van der Waals surface area contributed by atoms with Crippen molar-refractivity contribution < 1.29 is 5.11 Å². The summed E-state index contributed by atoms with van der Waals surface area (Å²) in [6.45, 7) is 2.10. The van der Waals surface area contributed by atoms with E-state index in [0.717, 1.165) is 56.0 Å². The van der Waals surface area contributed by atoms with Crippen LogP contribution >= 0.6 is 0 Å². The van der Waals surface area contributed by atoms with Crippen molar-refractivity contribution in [1.82, 2.24) is 14.5 Å². The van der Waals surface area contributed by atoms with Crippen LogP contribution in [0.2, 0.25) is 0 Å². The van der Waals surface area contributed by atoms with Gasteiger partial charge in [-0.15, -0.1) is 0 Å². The van der Waals surface area contributed by atoms with Gasteiger partial charge in [0.05, 0.1) is 22.3 Å². The second-order valence-corrected chi connectivity index (χ2v) is 12.2. The predicted molar refractivity (Wildman–Crippen MR) is 201 cm³/mol. The first-order chi connectivity index (χ1) is 24.0. The lowest BCUT2D eigenvalue weighted by molar-refractivity contribution is 0.476. The van der Waals surface area contributed by atoms with Gasteiger partial charge in [0.15, 0.2) is 0 Å². The average molecular weight is 635 g/mol. The van der Waals surface area contributed by atoms with E-state index < -0.39 is 0 Å². The summed E-state index contributed by atoms with van der Waals surface area (Å²) in [5, 5.41) is 11.3. The van der Waals surface area contributed by atoms with Crippen LogP contribution in [0, 0.1) is 6.92 Å². The van der Waals surface area contributed by atoms with E-state index in [9.17, 15) is 5.11 Å². The summed E-state index contributed by atoms with van der Waals surface area (Å²) >= 11 is 0. The van der Waals surface area contributed by atoms with E-state index in [0.29, 0.717) is 11.4 Å². The van der Waals surface area contributed by atoms with Crippen LogP contribution < -0.4 is 4.90 Å². The summed E-state index contributed by atoms with van der Waals surface area (Å²) in [6.07, 6.45) is 1.95. The second-order valence-electron chi connectivity index (χ2n) is 12.2. The first-order valence-corrected chi connectivity index (χ1v) is 16.4. The summed E-state index contributed by atoms with van der Waals surface area (Å²) < 4.78 is 2.06. The number of hydrogen-bond acceptors (Lipinski definition) is 4. The maximum Gasteiger partial charge on any atom is 0.144 e. The number of aromatic hydroxyl groups is 1. The summed E-state index contributed by atoms with van der Waals surface area (Å²) in [6, 6.07) is 53.6. The zero-order valence-corrected chi connectivity index (χ0v) is 27.3. The first kappa shape index (κ1) is 29.9. The minimum atomic E-state index is 0.173. The molecular formula is C44H34N4O. The fourth-order valence-corrected chi connectivity index (χ4v) is 6.59. The quantitative estimate of drug-likeness (QED) is 0.190. The van der Waals surface area contributed by atoms with E-state index >= 15 is 0 Å². The number of benzene rings is 6. The number of hydrogen-bond donors (Lipinski definition) is 1. The van der Waals surface area contributed by atoms with Crippen molar-refractivity contribution in [2.24, 2.45) is 7.05 Å². The van der Waals surface area contributed by atoms with Crippen molar-refractivity contribution in [2.45, 2.75) is 6.92 Å². The van der Waals surface area contributed by atoms with Crippen molar-refractivity contribution in [3.8, 4) is 50.6 Å². The van der Waals surface area contributed by atoms with Crippen LogP contribution in [0.3, 0.4) is 0 Å². The zero-order valence-electron chi connectivity index (χ0n) is 27.3. The lowest BCUT2D eigenvalue weighted by Gasteiger charge is -2.26. The van der Waals surface area contributed by atoms with Crippen molar-refractivity contribution in [3.63, 3.8) is 0 Å². The molecule has 0 aliphatic carbocycles. The molecule has 0 bridgehead atoms. The van der Waals surface area contributed by atoms with Gasteiger partial charge in [-0.05, 0) is 89.8 Å². The van der Waals surface area contributed by atoms with E-state index in [4.69, 9.17) is 9.97 Å². The van der Waals surface area contributed by atoms with E-state index in [1.807, 2.05) is 67.8 Å². The minimum absolute atomic E-state index is 0.173. The van der Waals surface area contributed by atoms with Crippen LogP contribution in [-0.2, 0) is 7.05 Å². The van der Waals surface area contributed by atoms with Gasteiger partial charge in [-0.25, -0.2) is 4.98 Å². The van der Waals surface area contributed by atoms with Crippen molar-refractivity contribution in [1.29, 1.82) is 0 Å². The summed E-state index contributed by atoms with van der Waals surface area (Å²) in [7, 11) is 2.00. The van der Waals surface area contributed by atoms with Crippen molar-refractivity contribution >= 4 is 28.1 Å². The van der Waals surface area contributed by atoms with Gasteiger partial charge in [-0.1, -0.05) is 97.1 Å². The van der Waals surface area contributed by atoms with Gasteiger partial charge >= 0.3 is 0 Å². The van der Waals surface area contributed by atoms with Gasteiger partial charge < -0.3 is 14.6 Å². The number of phenolic OH excluding ortho intramolecular Hbond substituents is 1. The Morgan fingerprint density at radius 1 is 0.551 bits per heavy atom. The zero-order chi connectivity index (χ0) is 33.3. The number of imidazole rings is 1. The number of rotatable bonds is 7. The average Bonchev–Trinajstić information content (AvgIpc) is 3.50. The monoisotopic (exact) mass is 634 g/mol. The largest absolute Gasteiger partial charge is 0.507 e. The Morgan fingerprint density at radius 2 is 1.18 bits per heavy atom. The van der Waals surface area contributed by atoms with Gasteiger partial charge in [0, 0.05) is 41.4 Å². The lowest BCUT2D eigenvalue weighted by Crippen LogP contribution is -2.10. The van der Waals surface area contributed by atoms with Crippen LogP contribution in [-0.4, -0.2) is 19.6 Å². The standard InChI is InChI=1S/C44H34N4O/c1-30-29-45-40(28-38(30)31-14-6-3-7-15-31)33-17-12-16-32(26-33)37-22-13-23-41-43(37)46-44(47(41)2)39-27-36(24-25-42(39)49)48(34-18-8-4-9-19-34)35-20-10-5-11-21-35/h3-29,49H,1-2H3. The van der Waals surface area contributed by atoms with Crippen molar-refractivity contribution in [3.05, 3.63) is 169 Å². The predicted octanol–water partition coefficient (Wildman–Crippen LogP) is 11.1. The molecule has 0 radical (unpaired) electrons. The van der Waals surface area contributed by atoms with Gasteiger partial charge in [0.2, 0.25) is 0 Å². The third-order valence-corrected chi connectivity index (χ3v) is 9.08. The van der Waals surface area contributed by atoms with E-state index in [-0.39, 0.29) is 5.75 Å². The third-order valence-electron chi connectivity index (χ3n) is 9.08. The number of anilines is 3. The fraction of sp³-hybridized carbons (Fsp3) is 0.0455. The molecule has 1 N–H and O–H groups in total. The number of pyridine rings is 1. The maximum absolute atomic E-state index is 11.3. The molecule has 0 unspecified atom stereocenters. The molecule has 0 amide bonds. The van der Waals surface area contributed by atoms with Crippen LogP contribution in [0.1, 0.15) is 5.56 Å². The van der Waals surface area contributed by atoms with Gasteiger partial charge in [-0.2, -0.15) is 0 Å². The maximum atomic E-state index is 11.3. The summed E-state index contributed by atoms with van der Waals surface area (Å²) in [4.78, 5) is 12.2. The Labute approximate surface area is 286 Å². The van der Waals surface area contributed by atoms with E-state index in [2.05, 4.69) is 113 Å². The molecule has 6 aromatic carbocycles. The Balaban J connectivity index is 1.22. The molecule has 0 fully saturated rings. The number of phenols is 1. The molecule has 49 heavy (non-hydrogen) atoms. The topological polar surface area (TPSA) is 54.2 Å². The second kappa shape index (κ2) is 12.6. The van der Waals surface area contributed by atoms with Crippen LogP contribution in [0.25, 0.3) is 55.9 Å². The highest BCUT2D eigenvalue weighted by molar-refractivity contribution is 5.96. The first-order valence-electron chi connectivity index (χ1n) is 16.4. The van der Waals surface area contributed by atoms with E-state index in [1.54, 1.807) is 6.07 Å². The number of para-hydroxylation sites is 3. The highest BCUT2D eigenvalue weighted by atomic mass is 16.3. The number of aromatic nitrogens is 3. The van der Waals surface area contributed by atoms with Crippen LogP contribution in [0.5, 0.6) is 5.75 Å². The molecule has 0 saturated heterocycles.